The van der Waals surface area contributed by atoms with Crippen molar-refractivity contribution in [2.75, 3.05) is 57.8 Å². The zero-order valence-electron chi connectivity index (χ0n) is 16.0. The van der Waals surface area contributed by atoms with Crippen molar-refractivity contribution in [3.05, 3.63) is 60.2 Å². The molecule has 1 saturated heterocycles. The van der Waals surface area contributed by atoms with Crippen molar-refractivity contribution in [2.24, 2.45) is 0 Å². The van der Waals surface area contributed by atoms with Gasteiger partial charge in [0.25, 0.3) is 0 Å². The standard InChI is InChI=1S/C21H25F2N3O2/c1-24(14-15-28-20-8-4-18(23)5-9-20)16-21(27)26-12-10-25(11-13-26)19-6-2-17(22)3-7-19/h2-9H,10-16H2,1H3. The number of nitrogens with zero attached hydrogens (tertiary/aromatic N) is 3. The maximum atomic E-state index is 13.0. The highest BCUT2D eigenvalue weighted by Gasteiger charge is 2.22. The van der Waals surface area contributed by atoms with Crippen molar-refractivity contribution in [2.45, 2.75) is 0 Å². The normalized spacial score (nSPS) is 14.4. The lowest BCUT2D eigenvalue weighted by Gasteiger charge is -2.36. The number of anilines is 1. The van der Waals surface area contributed by atoms with Crippen LogP contribution in [0.3, 0.4) is 0 Å². The Morgan fingerprint density at radius 3 is 2.14 bits per heavy atom. The summed E-state index contributed by atoms with van der Waals surface area (Å²) in [6.07, 6.45) is 0. The molecule has 2 aromatic rings. The molecule has 0 radical (unpaired) electrons. The van der Waals surface area contributed by atoms with E-state index in [1.54, 1.807) is 24.3 Å². The van der Waals surface area contributed by atoms with Gasteiger partial charge in [0.1, 0.15) is 24.0 Å². The molecule has 150 valence electrons. The minimum absolute atomic E-state index is 0.0861. The van der Waals surface area contributed by atoms with E-state index in [0.29, 0.717) is 38.5 Å². The van der Waals surface area contributed by atoms with Crippen LogP contribution in [0.15, 0.2) is 48.5 Å². The maximum Gasteiger partial charge on any atom is 0.236 e. The average molecular weight is 389 g/mol. The van der Waals surface area contributed by atoms with Crippen molar-refractivity contribution >= 4 is 11.6 Å². The van der Waals surface area contributed by atoms with Gasteiger partial charge >= 0.3 is 0 Å². The lowest BCUT2D eigenvalue weighted by atomic mass is 10.2. The Balaban J connectivity index is 1.37. The molecule has 28 heavy (non-hydrogen) atoms. The molecule has 0 aromatic heterocycles. The molecule has 3 rings (SSSR count). The van der Waals surface area contributed by atoms with Crippen LogP contribution in [0.1, 0.15) is 0 Å². The molecule has 0 bridgehead atoms. The number of carbonyl (C=O) groups excluding carboxylic acids is 1. The summed E-state index contributed by atoms with van der Waals surface area (Å²) in [6, 6.07) is 12.3. The first-order valence-electron chi connectivity index (χ1n) is 9.36. The van der Waals surface area contributed by atoms with Gasteiger partial charge in [-0.3, -0.25) is 9.69 Å². The SMILES string of the molecule is CN(CCOc1ccc(F)cc1)CC(=O)N1CCN(c2ccc(F)cc2)CC1. The molecule has 0 aliphatic carbocycles. The quantitative estimate of drug-likeness (QED) is 0.730. The molecule has 1 amide bonds. The topological polar surface area (TPSA) is 36.0 Å². The number of amides is 1. The summed E-state index contributed by atoms with van der Waals surface area (Å²) < 4.78 is 31.5. The van der Waals surface area contributed by atoms with E-state index in [2.05, 4.69) is 4.90 Å². The molecule has 1 aliphatic heterocycles. The van der Waals surface area contributed by atoms with E-state index >= 15 is 0 Å². The second kappa shape index (κ2) is 9.50. The van der Waals surface area contributed by atoms with Gasteiger partial charge in [0, 0.05) is 38.4 Å². The molecular formula is C21H25F2N3O2. The van der Waals surface area contributed by atoms with Crippen molar-refractivity contribution in [3.63, 3.8) is 0 Å². The van der Waals surface area contributed by atoms with Crippen molar-refractivity contribution < 1.29 is 18.3 Å². The first kappa shape index (κ1) is 20.1. The minimum atomic E-state index is -0.297. The van der Waals surface area contributed by atoms with Crippen molar-refractivity contribution in [1.29, 1.82) is 0 Å². The van der Waals surface area contributed by atoms with Gasteiger partial charge < -0.3 is 14.5 Å². The number of halogens is 2. The zero-order chi connectivity index (χ0) is 19.9. The Morgan fingerprint density at radius 1 is 0.964 bits per heavy atom. The van der Waals surface area contributed by atoms with E-state index in [0.717, 1.165) is 18.8 Å². The van der Waals surface area contributed by atoms with Crippen LogP contribution in [0.5, 0.6) is 5.75 Å². The van der Waals surface area contributed by atoms with E-state index in [-0.39, 0.29) is 17.5 Å². The molecular weight excluding hydrogens is 364 g/mol. The van der Waals surface area contributed by atoms with E-state index in [1.165, 1.54) is 24.3 Å². The zero-order valence-corrected chi connectivity index (χ0v) is 16.0. The lowest BCUT2D eigenvalue weighted by Crippen LogP contribution is -2.51. The Hall–Kier alpha value is -2.67. The van der Waals surface area contributed by atoms with Crippen LogP contribution in [0, 0.1) is 11.6 Å². The number of rotatable bonds is 7. The predicted octanol–water partition coefficient (Wildman–Crippen LogP) is 2.62. The summed E-state index contributed by atoms with van der Waals surface area (Å²) in [5.41, 5.74) is 0.976. The predicted molar refractivity (Wildman–Crippen MR) is 105 cm³/mol. The number of hydrogen-bond donors (Lipinski definition) is 0. The molecule has 1 heterocycles. The summed E-state index contributed by atoms with van der Waals surface area (Å²) in [7, 11) is 1.88. The Labute approximate surface area is 164 Å². The van der Waals surface area contributed by atoms with Gasteiger partial charge in [-0.1, -0.05) is 0 Å². The van der Waals surface area contributed by atoms with E-state index < -0.39 is 0 Å². The Bertz CT molecular complexity index is 760. The van der Waals surface area contributed by atoms with Gasteiger partial charge in [-0.15, -0.1) is 0 Å². The largest absolute Gasteiger partial charge is 0.492 e. The highest BCUT2D eigenvalue weighted by Crippen LogP contribution is 2.17. The van der Waals surface area contributed by atoms with E-state index in [4.69, 9.17) is 4.74 Å². The van der Waals surface area contributed by atoms with Gasteiger partial charge in [0.2, 0.25) is 5.91 Å². The summed E-state index contributed by atoms with van der Waals surface area (Å²) in [5, 5.41) is 0. The molecule has 7 heteroatoms. The smallest absolute Gasteiger partial charge is 0.236 e. The van der Waals surface area contributed by atoms with Crippen LogP contribution in [0.2, 0.25) is 0 Å². The number of hydrogen-bond acceptors (Lipinski definition) is 4. The molecule has 0 spiro atoms. The van der Waals surface area contributed by atoms with Crippen LogP contribution in [0.4, 0.5) is 14.5 Å². The van der Waals surface area contributed by atoms with Crippen molar-refractivity contribution in [1.82, 2.24) is 9.80 Å². The minimum Gasteiger partial charge on any atom is -0.492 e. The molecule has 0 N–H and O–H groups in total. The van der Waals surface area contributed by atoms with Gasteiger partial charge in [-0.2, -0.15) is 0 Å². The Morgan fingerprint density at radius 2 is 1.54 bits per heavy atom. The number of piperazine rings is 1. The second-order valence-corrected chi connectivity index (χ2v) is 6.88. The second-order valence-electron chi connectivity index (χ2n) is 6.88. The number of carbonyl (C=O) groups is 1. The van der Waals surface area contributed by atoms with Gasteiger partial charge in [0.05, 0.1) is 6.54 Å². The monoisotopic (exact) mass is 389 g/mol. The van der Waals surface area contributed by atoms with Crippen LogP contribution in [-0.2, 0) is 4.79 Å². The third-order valence-corrected chi connectivity index (χ3v) is 4.78. The maximum absolute atomic E-state index is 13.0. The lowest BCUT2D eigenvalue weighted by molar-refractivity contribution is -0.132. The van der Waals surface area contributed by atoms with Gasteiger partial charge in [-0.25, -0.2) is 8.78 Å². The third-order valence-electron chi connectivity index (χ3n) is 4.78. The number of ether oxygens (including phenoxy) is 1. The van der Waals surface area contributed by atoms with Crippen LogP contribution in [-0.4, -0.2) is 68.6 Å². The molecule has 0 unspecified atom stereocenters. The number of benzene rings is 2. The highest BCUT2D eigenvalue weighted by atomic mass is 19.1. The molecule has 1 fully saturated rings. The fourth-order valence-corrected chi connectivity index (χ4v) is 3.13. The van der Waals surface area contributed by atoms with E-state index in [9.17, 15) is 13.6 Å². The summed E-state index contributed by atoms with van der Waals surface area (Å²) in [5.74, 6) is 0.152. The average Bonchev–Trinajstić information content (AvgIpc) is 2.70. The molecule has 2 aromatic carbocycles. The molecule has 5 nitrogen and oxygen atoms in total. The molecule has 1 aliphatic rings. The van der Waals surface area contributed by atoms with Gasteiger partial charge in [0.15, 0.2) is 0 Å². The van der Waals surface area contributed by atoms with Gasteiger partial charge in [-0.05, 0) is 55.6 Å². The van der Waals surface area contributed by atoms with Crippen molar-refractivity contribution in [3.8, 4) is 5.75 Å². The summed E-state index contributed by atoms with van der Waals surface area (Å²) >= 11 is 0. The molecule has 0 atom stereocenters. The fraction of sp³-hybridized carbons (Fsp3) is 0.381. The Kier molecular flexibility index (Phi) is 6.81. The number of likely N-dealkylation sites (N-methyl/N-ethyl adjacent to an activating group) is 1. The van der Waals surface area contributed by atoms with Crippen LogP contribution < -0.4 is 9.64 Å². The van der Waals surface area contributed by atoms with Crippen LogP contribution >= 0.6 is 0 Å². The summed E-state index contributed by atoms with van der Waals surface area (Å²) in [4.78, 5) is 18.4. The fourth-order valence-electron chi connectivity index (χ4n) is 3.13. The first-order valence-corrected chi connectivity index (χ1v) is 9.36. The third kappa shape index (κ3) is 5.66. The first-order chi connectivity index (χ1) is 13.5. The highest BCUT2D eigenvalue weighted by molar-refractivity contribution is 5.78. The van der Waals surface area contributed by atoms with Crippen LogP contribution in [0.25, 0.3) is 0 Å². The molecule has 0 saturated carbocycles. The summed E-state index contributed by atoms with van der Waals surface area (Å²) in [6.45, 7) is 4.10. The van der Waals surface area contributed by atoms with E-state index in [1.807, 2.05) is 16.8 Å².